The van der Waals surface area contributed by atoms with E-state index in [1.165, 1.54) is 12.1 Å². The van der Waals surface area contributed by atoms with E-state index in [0.29, 0.717) is 24.0 Å². The zero-order chi connectivity index (χ0) is 15.1. The molecule has 0 fully saturated rings. The van der Waals surface area contributed by atoms with E-state index in [1.807, 2.05) is 6.92 Å². The largest absolute Gasteiger partial charge is 0.377 e. The molecule has 0 aromatic heterocycles. The highest BCUT2D eigenvalue weighted by Gasteiger charge is 2.25. The smallest absolute Gasteiger partial charge is 0.123 e. The van der Waals surface area contributed by atoms with Crippen LogP contribution in [-0.4, -0.2) is 25.3 Å². The van der Waals surface area contributed by atoms with E-state index in [1.54, 1.807) is 6.07 Å². The molecule has 20 heavy (non-hydrogen) atoms. The van der Waals surface area contributed by atoms with Gasteiger partial charge in [0.25, 0.3) is 0 Å². The van der Waals surface area contributed by atoms with Gasteiger partial charge in [0.1, 0.15) is 5.82 Å². The quantitative estimate of drug-likeness (QED) is 0.782. The SMILES string of the molecule is CCNC(Cc1cc(F)ccc1Cl)C(OCC)C(C)C. The third-order valence-corrected chi connectivity index (χ3v) is 3.70. The van der Waals surface area contributed by atoms with Crippen LogP contribution in [0, 0.1) is 11.7 Å². The summed E-state index contributed by atoms with van der Waals surface area (Å²) in [6.45, 7) is 9.84. The Morgan fingerprint density at radius 2 is 2.00 bits per heavy atom. The summed E-state index contributed by atoms with van der Waals surface area (Å²) < 4.78 is 19.2. The van der Waals surface area contributed by atoms with Gasteiger partial charge in [-0.25, -0.2) is 4.39 Å². The van der Waals surface area contributed by atoms with Gasteiger partial charge >= 0.3 is 0 Å². The summed E-state index contributed by atoms with van der Waals surface area (Å²) in [5.41, 5.74) is 0.822. The fourth-order valence-corrected chi connectivity index (χ4v) is 2.66. The molecule has 0 heterocycles. The van der Waals surface area contributed by atoms with Crippen LogP contribution in [0.2, 0.25) is 5.02 Å². The van der Waals surface area contributed by atoms with Gasteiger partial charge < -0.3 is 10.1 Å². The lowest BCUT2D eigenvalue weighted by Crippen LogP contribution is -2.45. The minimum Gasteiger partial charge on any atom is -0.377 e. The highest BCUT2D eigenvalue weighted by molar-refractivity contribution is 6.31. The molecule has 0 aliphatic heterocycles. The molecule has 1 N–H and O–H groups in total. The Kier molecular flexibility index (Phi) is 7.49. The molecule has 0 bridgehead atoms. The first kappa shape index (κ1) is 17.4. The van der Waals surface area contributed by atoms with Crippen molar-refractivity contribution in [2.45, 2.75) is 46.3 Å². The number of nitrogens with one attached hydrogen (secondary N) is 1. The van der Waals surface area contributed by atoms with Crippen molar-refractivity contribution < 1.29 is 9.13 Å². The van der Waals surface area contributed by atoms with Crippen molar-refractivity contribution >= 4 is 11.6 Å². The fourth-order valence-electron chi connectivity index (χ4n) is 2.47. The van der Waals surface area contributed by atoms with Crippen molar-refractivity contribution in [2.24, 2.45) is 5.92 Å². The lowest BCUT2D eigenvalue weighted by molar-refractivity contribution is 0.00395. The predicted octanol–water partition coefficient (Wildman–Crippen LogP) is 4.06. The molecule has 0 saturated heterocycles. The highest BCUT2D eigenvalue weighted by Crippen LogP contribution is 2.22. The van der Waals surface area contributed by atoms with Gasteiger partial charge in [-0.05, 0) is 49.6 Å². The molecule has 0 aliphatic rings. The van der Waals surface area contributed by atoms with E-state index in [-0.39, 0.29) is 18.0 Å². The molecule has 0 radical (unpaired) electrons. The fraction of sp³-hybridized carbons (Fsp3) is 0.625. The molecule has 1 rings (SSSR count). The van der Waals surface area contributed by atoms with Crippen LogP contribution < -0.4 is 5.32 Å². The Morgan fingerprint density at radius 1 is 1.30 bits per heavy atom. The number of benzene rings is 1. The molecule has 0 saturated carbocycles. The van der Waals surface area contributed by atoms with Gasteiger partial charge in [0, 0.05) is 17.7 Å². The second kappa shape index (κ2) is 8.60. The van der Waals surface area contributed by atoms with E-state index >= 15 is 0 Å². The van der Waals surface area contributed by atoms with Crippen molar-refractivity contribution in [3.05, 3.63) is 34.6 Å². The number of hydrogen-bond acceptors (Lipinski definition) is 2. The van der Waals surface area contributed by atoms with Gasteiger partial charge in [-0.1, -0.05) is 32.4 Å². The highest BCUT2D eigenvalue weighted by atomic mass is 35.5. The van der Waals surface area contributed by atoms with Gasteiger partial charge in [0.05, 0.1) is 6.10 Å². The molecular formula is C16H25ClFNO. The summed E-state index contributed by atoms with van der Waals surface area (Å²) in [6.07, 6.45) is 0.743. The van der Waals surface area contributed by atoms with Gasteiger partial charge in [-0.2, -0.15) is 0 Å². The first-order chi connectivity index (χ1) is 9.49. The Labute approximate surface area is 126 Å². The topological polar surface area (TPSA) is 21.3 Å². The average molecular weight is 302 g/mol. The minimum absolute atomic E-state index is 0.0827. The van der Waals surface area contributed by atoms with Crippen LogP contribution in [0.4, 0.5) is 4.39 Å². The summed E-state index contributed by atoms with van der Waals surface area (Å²) >= 11 is 6.17. The first-order valence-electron chi connectivity index (χ1n) is 7.28. The molecule has 1 aromatic rings. The molecule has 1 aromatic carbocycles. The van der Waals surface area contributed by atoms with Crippen LogP contribution in [0.1, 0.15) is 33.3 Å². The molecule has 4 heteroatoms. The van der Waals surface area contributed by atoms with Crippen LogP contribution >= 0.6 is 11.6 Å². The maximum atomic E-state index is 13.4. The van der Waals surface area contributed by atoms with E-state index in [0.717, 1.165) is 12.1 Å². The van der Waals surface area contributed by atoms with Gasteiger partial charge in [0.2, 0.25) is 0 Å². The van der Waals surface area contributed by atoms with Crippen LogP contribution in [-0.2, 0) is 11.2 Å². The minimum atomic E-state index is -0.253. The van der Waals surface area contributed by atoms with Gasteiger partial charge in [-0.15, -0.1) is 0 Å². The molecule has 0 amide bonds. The van der Waals surface area contributed by atoms with Crippen LogP contribution in [0.15, 0.2) is 18.2 Å². The van der Waals surface area contributed by atoms with Crippen LogP contribution in [0.25, 0.3) is 0 Å². The molecular weight excluding hydrogens is 277 g/mol. The standard InChI is InChI=1S/C16H25ClFNO/c1-5-19-15(16(11(3)4)20-6-2)10-12-9-13(18)7-8-14(12)17/h7-9,11,15-16,19H,5-6,10H2,1-4H3. The van der Waals surface area contributed by atoms with E-state index in [4.69, 9.17) is 16.3 Å². The summed E-state index contributed by atoms with van der Waals surface area (Å²) in [6, 6.07) is 4.63. The van der Waals surface area contributed by atoms with Crippen molar-refractivity contribution in [3.8, 4) is 0 Å². The third-order valence-electron chi connectivity index (χ3n) is 3.33. The van der Waals surface area contributed by atoms with E-state index in [9.17, 15) is 4.39 Å². The Bertz CT molecular complexity index is 411. The number of halogens is 2. The van der Waals surface area contributed by atoms with E-state index < -0.39 is 0 Å². The predicted molar refractivity (Wildman–Crippen MR) is 82.8 cm³/mol. The zero-order valence-electron chi connectivity index (χ0n) is 12.7. The molecule has 0 aliphatic carbocycles. The average Bonchev–Trinajstić information content (AvgIpc) is 2.39. The Balaban J connectivity index is 2.92. The lowest BCUT2D eigenvalue weighted by atomic mass is 9.93. The number of hydrogen-bond donors (Lipinski definition) is 1. The van der Waals surface area contributed by atoms with Crippen LogP contribution in [0.3, 0.4) is 0 Å². The normalized spacial score (nSPS) is 14.6. The molecule has 2 atom stereocenters. The van der Waals surface area contributed by atoms with Crippen molar-refractivity contribution in [3.63, 3.8) is 0 Å². The molecule has 2 unspecified atom stereocenters. The Hall–Kier alpha value is -0.640. The summed E-state index contributed by atoms with van der Waals surface area (Å²) in [5.74, 6) is 0.128. The van der Waals surface area contributed by atoms with Gasteiger partial charge in [0.15, 0.2) is 0 Å². The van der Waals surface area contributed by atoms with Crippen molar-refractivity contribution in [1.29, 1.82) is 0 Å². The molecule has 114 valence electrons. The number of likely N-dealkylation sites (N-methyl/N-ethyl adjacent to an activating group) is 1. The summed E-state index contributed by atoms with van der Waals surface area (Å²) in [4.78, 5) is 0. The van der Waals surface area contributed by atoms with Crippen molar-refractivity contribution in [2.75, 3.05) is 13.2 Å². The zero-order valence-corrected chi connectivity index (χ0v) is 13.5. The second-order valence-electron chi connectivity index (χ2n) is 5.27. The number of ether oxygens (including phenoxy) is 1. The second-order valence-corrected chi connectivity index (χ2v) is 5.68. The maximum Gasteiger partial charge on any atom is 0.123 e. The number of rotatable bonds is 8. The third kappa shape index (κ3) is 5.04. The van der Waals surface area contributed by atoms with Gasteiger partial charge in [-0.3, -0.25) is 0 Å². The van der Waals surface area contributed by atoms with E-state index in [2.05, 4.69) is 26.1 Å². The summed E-state index contributed by atoms with van der Waals surface area (Å²) in [5, 5.41) is 4.04. The Morgan fingerprint density at radius 3 is 2.55 bits per heavy atom. The summed E-state index contributed by atoms with van der Waals surface area (Å²) in [7, 11) is 0. The van der Waals surface area contributed by atoms with Crippen molar-refractivity contribution in [1.82, 2.24) is 5.32 Å². The maximum absolute atomic E-state index is 13.4. The lowest BCUT2D eigenvalue weighted by Gasteiger charge is -2.31. The monoisotopic (exact) mass is 301 g/mol. The first-order valence-corrected chi connectivity index (χ1v) is 7.66. The molecule has 0 spiro atoms. The van der Waals surface area contributed by atoms with Crippen LogP contribution in [0.5, 0.6) is 0 Å². The molecule has 2 nitrogen and oxygen atoms in total.